The van der Waals surface area contributed by atoms with Gasteiger partial charge in [-0.3, -0.25) is 14.3 Å². The lowest BCUT2D eigenvalue weighted by Gasteiger charge is -2.37. The first-order chi connectivity index (χ1) is 15.7. The van der Waals surface area contributed by atoms with Gasteiger partial charge in [0, 0.05) is 29.3 Å². The number of carbonyl (C=O) groups excluding carboxylic acids is 2. The van der Waals surface area contributed by atoms with Crippen molar-refractivity contribution in [2.75, 3.05) is 13.1 Å². The van der Waals surface area contributed by atoms with Crippen LogP contribution in [-0.4, -0.2) is 56.8 Å². The Morgan fingerprint density at radius 2 is 1.94 bits per heavy atom. The summed E-state index contributed by atoms with van der Waals surface area (Å²) in [6, 6.07) is 9.00. The Morgan fingerprint density at radius 3 is 2.67 bits per heavy atom. The summed E-state index contributed by atoms with van der Waals surface area (Å²) < 4.78 is 42.8. The van der Waals surface area contributed by atoms with Crippen molar-refractivity contribution >= 4 is 22.7 Å². The molecule has 1 saturated heterocycles. The van der Waals surface area contributed by atoms with Crippen LogP contribution in [0.15, 0.2) is 36.4 Å². The number of fused-ring (bicyclic) bond motifs is 2. The lowest BCUT2D eigenvalue weighted by Crippen LogP contribution is -2.55. The van der Waals surface area contributed by atoms with Gasteiger partial charge in [-0.05, 0) is 31.2 Å². The van der Waals surface area contributed by atoms with Gasteiger partial charge in [0.15, 0.2) is 0 Å². The van der Waals surface area contributed by atoms with Crippen molar-refractivity contribution in [1.29, 1.82) is 0 Å². The van der Waals surface area contributed by atoms with Crippen molar-refractivity contribution in [3.05, 3.63) is 53.5 Å². The smallest absolute Gasteiger partial charge is 0.369 e. The molecule has 2 aliphatic rings. The van der Waals surface area contributed by atoms with Crippen molar-refractivity contribution in [2.45, 2.75) is 37.6 Å². The number of piperidine rings is 1. The SMILES string of the molecule is NC(=O)C1CCNC(C(F)(F)F)C1c1cc2n(n1)CCN(C(=O)c1cc3ccccc3[nH]1)C2. The molecular formula is C22H23F3N6O2. The van der Waals surface area contributed by atoms with Crippen molar-refractivity contribution < 1.29 is 22.8 Å². The number of halogens is 3. The van der Waals surface area contributed by atoms with Crippen LogP contribution >= 0.6 is 0 Å². The topological polar surface area (TPSA) is 109 Å². The molecule has 1 fully saturated rings. The maximum absolute atomic E-state index is 13.7. The van der Waals surface area contributed by atoms with E-state index >= 15 is 0 Å². The number of alkyl halides is 3. The average molecular weight is 460 g/mol. The third-order valence-corrected chi connectivity index (χ3v) is 6.54. The van der Waals surface area contributed by atoms with Crippen LogP contribution in [0.3, 0.4) is 0 Å². The fourth-order valence-electron chi connectivity index (χ4n) is 4.93. The number of benzene rings is 1. The molecule has 0 spiro atoms. The summed E-state index contributed by atoms with van der Waals surface area (Å²) in [6.07, 6.45) is -4.35. The second kappa shape index (κ2) is 7.91. The minimum Gasteiger partial charge on any atom is -0.369 e. The highest BCUT2D eigenvalue weighted by Crippen LogP contribution is 2.40. The minimum absolute atomic E-state index is 0.0502. The Kier molecular flexibility index (Phi) is 5.15. The number of nitrogens with two attached hydrogens (primary N) is 1. The Labute approximate surface area is 186 Å². The van der Waals surface area contributed by atoms with Gasteiger partial charge in [-0.2, -0.15) is 18.3 Å². The minimum atomic E-state index is -4.56. The quantitative estimate of drug-likeness (QED) is 0.556. The van der Waals surface area contributed by atoms with Crippen molar-refractivity contribution in [1.82, 2.24) is 25.0 Å². The monoisotopic (exact) mass is 460 g/mol. The zero-order valence-corrected chi connectivity index (χ0v) is 17.6. The summed E-state index contributed by atoms with van der Waals surface area (Å²) in [4.78, 5) is 29.8. The lowest BCUT2D eigenvalue weighted by atomic mass is 9.77. The molecule has 3 aromatic rings. The van der Waals surface area contributed by atoms with E-state index < -0.39 is 30.0 Å². The third-order valence-electron chi connectivity index (χ3n) is 6.54. The molecule has 8 nitrogen and oxygen atoms in total. The molecule has 0 aliphatic carbocycles. The van der Waals surface area contributed by atoms with E-state index in [1.54, 1.807) is 21.7 Å². The summed E-state index contributed by atoms with van der Waals surface area (Å²) in [6.45, 7) is 0.973. The second-order valence-electron chi connectivity index (χ2n) is 8.58. The fourth-order valence-corrected chi connectivity index (χ4v) is 4.93. The van der Waals surface area contributed by atoms with Crippen LogP contribution in [0, 0.1) is 5.92 Å². The van der Waals surface area contributed by atoms with Gasteiger partial charge >= 0.3 is 6.18 Å². The second-order valence-corrected chi connectivity index (χ2v) is 8.58. The van der Waals surface area contributed by atoms with Crippen LogP contribution in [0.2, 0.25) is 0 Å². The number of nitrogens with zero attached hydrogens (tertiary/aromatic N) is 3. The van der Waals surface area contributed by atoms with Gasteiger partial charge in [0.05, 0.1) is 24.5 Å². The number of aromatic nitrogens is 3. The van der Waals surface area contributed by atoms with E-state index in [4.69, 9.17) is 5.73 Å². The van der Waals surface area contributed by atoms with Crippen molar-refractivity contribution in [3.63, 3.8) is 0 Å². The molecular weight excluding hydrogens is 437 g/mol. The van der Waals surface area contributed by atoms with Gasteiger partial charge in [0.1, 0.15) is 11.7 Å². The Balaban J connectivity index is 1.42. The molecule has 1 aromatic carbocycles. The highest BCUT2D eigenvalue weighted by molar-refractivity contribution is 5.98. The maximum Gasteiger partial charge on any atom is 0.404 e. The fraction of sp³-hybridized carbons (Fsp3) is 0.409. The number of H-pyrrole nitrogens is 1. The van der Waals surface area contributed by atoms with E-state index in [0.717, 1.165) is 10.9 Å². The average Bonchev–Trinajstić information content (AvgIpc) is 3.41. The van der Waals surface area contributed by atoms with Crippen LogP contribution in [-0.2, 0) is 17.9 Å². The predicted molar refractivity (Wildman–Crippen MR) is 113 cm³/mol. The zero-order valence-electron chi connectivity index (χ0n) is 17.6. The highest BCUT2D eigenvalue weighted by atomic mass is 19.4. The molecule has 0 radical (unpaired) electrons. The standard InChI is InChI=1S/C22H23F3N6O2/c23-22(24,25)19-18(14(20(26)32)5-6-27-19)16-10-13-11-30(7-8-31(13)29-16)21(33)17-9-12-3-1-2-4-15(12)28-17/h1-4,9-10,14,18-19,27-28H,5-8,11H2,(H2,26,32). The van der Waals surface area contributed by atoms with Crippen LogP contribution in [0.1, 0.15) is 34.2 Å². The summed E-state index contributed by atoms with van der Waals surface area (Å²) in [5.41, 5.74) is 7.55. The first kappa shape index (κ1) is 21.5. The molecule has 5 rings (SSSR count). The maximum atomic E-state index is 13.7. The molecule has 2 amide bonds. The Morgan fingerprint density at radius 1 is 1.15 bits per heavy atom. The molecule has 33 heavy (non-hydrogen) atoms. The van der Waals surface area contributed by atoms with Crippen LogP contribution in [0.25, 0.3) is 10.9 Å². The van der Waals surface area contributed by atoms with E-state index in [1.807, 2.05) is 24.3 Å². The molecule has 0 bridgehead atoms. The van der Waals surface area contributed by atoms with Crippen LogP contribution in [0.5, 0.6) is 0 Å². The first-order valence-electron chi connectivity index (χ1n) is 10.8. The number of nitrogens with one attached hydrogen (secondary N) is 2. The molecule has 4 N–H and O–H groups in total. The molecule has 174 valence electrons. The van der Waals surface area contributed by atoms with Gasteiger partial charge in [-0.1, -0.05) is 18.2 Å². The van der Waals surface area contributed by atoms with Crippen molar-refractivity contribution in [2.24, 2.45) is 11.7 Å². The number of para-hydroxylation sites is 1. The third kappa shape index (κ3) is 3.86. The van der Waals surface area contributed by atoms with Gasteiger partial charge in [0.25, 0.3) is 5.91 Å². The summed E-state index contributed by atoms with van der Waals surface area (Å²) >= 11 is 0. The normalized spacial score (nSPS) is 23.5. The van der Waals surface area contributed by atoms with Crippen LogP contribution < -0.4 is 11.1 Å². The van der Waals surface area contributed by atoms with Crippen molar-refractivity contribution in [3.8, 4) is 0 Å². The molecule has 3 atom stereocenters. The molecule has 2 aromatic heterocycles. The van der Waals surface area contributed by atoms with E-state index in [9.17, 15) is 22.8 Å². The molecule has 0 saturated carbocycles. The van der Waals surface area contributed by atoms with E-state index in [1.165, 1.54) is 0 Å². The number of carbonyl (C=O) groups is 2. The van der Waals surface area contributed by atoms with Gasteiger partial charge < -0.3 is 20.9 Å². The summed E-state index contributed by atoms with van der Waals surface area (Å²) in [5.74, 6) is -3.15. The first-order valence-corrected chi connectivity index (χ1v) is 10.8. The zero-order chi connectivity index (χ0) is 23.3. The van der Waals surface area contributed by atoms with E-state index in [0.29, 0.717) is 24.5 Å². The molecule has 2 aliphatic heterocycles. The van der Waals surface area contributed by atoms with Crippen LogP contribution in [0.4, 0.5) is 13.2 Å². The highest BCUT2D eigenvalue weighted by Gasteiger charge is 2.52. The van der Waals surface area contributed by atoms with Gasteiger partial charge in [-0.15, -0.1) is 0 Å². The van der Waals surface area contributed by atoms with E-state index in [2.05, 4.69) is 15.4 Å². The van der Waals surface area contributed by atoms with E-state index in [-0.39, 0.29) is 31.1 Å². The molecule has 4 heterocycles. The molecule has 3 unspecified atom stereocenters. The Hall–Kier alpha value is -3.34. The largest absolute Gasteiger partial charge is 0.404 e. The summed E-state index contributed by atoms with van der Waals surface area (Å²) in [5, 5.41) is 7.80. The number of amides is 2. The number of hydrogen-bond donors (Lipinski definition) is 3. The summed E-state index contributed by atoms with van der Waals surface area (Å²) in [7, 11) is 0. The Bertz CT molecular complexity index is 1180. The van der Waals surface area contributed by atoms with Gasteiger partial charge in [-0.25, -0.2) is 0 Å². The predicted octanol–water partition coefficient (Wildman–Crippen LogP) is 2.13. The number of rotatable bonds is 3. The van der Waals surface area contributed by atoms with Gasteiger partial charge in [0.2, 0.25) is 5.91 Å². The number of hydrogen-bond acceptors (Lipinski definition) is 4. The number of aromatic amines is 1. The lowest BCUT2D eigenvalue weighted by molar-refractivity contribution is -0.170. The number of primary amides is 1. The molecule has 11 heteroatoms.